The van der Waals surface area contributed by atoms with E-state index in [1.54, 1.807) is 26.4 Å². The van der Waals surface area contributed by atoms with Gasteiger partial charge in [0.15, 0.2) is 0 Å². The minimum Gasteiger partial charge on any atom is -0.497 e. The molecule has 3 N–H and O–H groups in total. The average Bonchev–Trinajstić information content (AvgIpc) is 3.45. The predicted molar refractivity (Wildman–Crippen MR) is 159 cm³/mol. The Balaban J connectivity index is 1.47. The largest absolute Gasteiger partial charge is 0.497 e. The normalized spacial score (nSPS) is 16.3. The lowest BCUT2D eigenvalue weighted by atomic mass is 9.99. The van der Waals surface area contributed by atoms with Gasteiger partial charge in [0.25, 0.3) is 11.8 Å². The number of aryl methyl sites for hydroxylation is 1. The molecule has 8 heteroatoms. The third kappa shape index (κ3) is 8.39. The van der Waals surface area contributed by atoms with E-state index in [0.29, 0.717) is 37.2 Å². The van der Waals surface area contributed by atoms with E-state index in [2.05, 4.69) is 10.6 Å². The SMILES string of the molecule is COC[C@H]1CCCN1C(=O)c1cc(C)cc(C(=O)N[C@@H](Cc2ccccc2)[C@H](O)CNCc2cccc(OC)c2)c1. The van der Waals surface area contributed by atoms with E-state index in [1.165, 1.54) is 0 Å². The third-order valence-corrected chi connectivity index (χ3v) is 7.48. The molecule has 2 amide bonds. The van der Waals surface area contributed by atoms with Crippen LogP contribution in [0.4, 0.5) is 0 Å². The van der Waals surface area contributed by atoms with Gasteiger partial charge in [-0.15, -0.1) is 0 Å². The van der Waals surface area contributed by atoms with Gasteiger partial charge in [-0.2, -0.15) is 0 Å². The molecule has 0 unspecified atom stereocenters. The molecule has 4 rings (SSSR count). The van der Waals surface area contributed by atoms with Gasteiger partial charge in [0.2, 0.25) is 0 Å². The Morgan fingerprint density at radius 3 is 2.51 bits per heavy atom. The van der Waals surface area contributed by atoms with E-state index in [9.17, 15) is 14.7 Å². The van der Waals surface area contributed by atoms with Crippen molar-refractivity contribution >= 4 is 11.8 Å². The van der Waals surface area contributed by atoms with E-state index in [1.807, 2.05) is 72.5 Å². The zero-order chi connectivity index (χ0) is 29.2. The second kappa shape index (κ2) is 14.8. The first-order valence-corrected chi connectivity index (χ1v) is 14.2. The number of hydrogen-bond donors (Lipinski definition) is 3. The Kier molecular flexibility index (Phi) is 10.9. The van der Waals surface area contributed by atoms with Crippen LogP contribution in [0.2, 0.25) is 0 Å². The van der Waals surface area contributed by atoms with Crippen LogP contribution >= 0.6 is 0 Å². The fourth-order valence-electron chi connectivity index (χ4n) is 5.36. The van der Waals surface area contributed by atoms with Crippen molar-refractivity contribution in [1.82, 2.24) is 15.5 Å². The summed E-state index contributed by atoms with van der Waals surface area (Å²) in [5.74, 6) is 0.351. The Labute approximate surface area is 242 Å². The maximum Gasteiger partial charge on any atom is 0.254 e. The first-order valence-electron chi connectivity index (χ1n) is 14.2. The lowest BCUT2D eigenvalue weighted by Crippen LogP contribution is -2.48. The molecular weight excluding hydrogens is 518 g/mol. The summed E-state index contributed by atoms with van der Waals surface area (Å²) in [5, 5.41) is 17.5. The van der Waals surface area contributed by atoms with Crippen molar-refractivity contribution in [1.29, 1.82) is 0 Å². The molecule has 0 bridgehead atoms. The fraction of sp³-hybridized carbons (Fsp3) is 0.394. The summed E-state index contributed by atoms with van der Waals surface area (Å²) in [6, 6.07) is 22.3. The van der Waals surface area contributed by atoms with Gasteiger partial charge < -0.3 is 30.1 Å². The van der Waals surface area contributed by atoms with Gasteiger partial charge in [-0.25, -0.2) is 0 Å². The predicted octanol–water partition coefficient (Wildman–Crippen LogP) is 3.75. The van der Waals surface area contributed by atoms with Gasteiger partial charge in [-0.05, 0) is 73.2 Å². The number of likely N-dealkylation sites (tertiary alicyclic amines) is 1. The van der Waals surface area contributed by atoms with Crippen LogP contribution in [0.15, 0.2) is 72.8 Å². The van der Waals surface area contributed by atoms with Crippen LogP contribution in [0.3, 0.4) is 0 Å². The summed E-state index contributed by atoms with van der Waals surface area (Å²) >= 11 is 0. The molecule has 1 aliphatic rings. The molecular formula is C33H41N3O5. The zero-order valence-electron chi connectivity index (χ0n) is 24.1. The summed E-state index contributed by atoms with van der Waals surface area (Å²) in [7, 11) is 3.27. The summed E-state index contributed by atoms with van der Waals surface area (Å²) in [6.45, 7) is 3.88. The number of rotatable bonds is 13. The number of carbonyl (C=O) groups is 2. The monoisotopic (exact) mass is 559 g/mol. The summed E-state index contributed by atoms with van der Waals surface area (Å²) in [6.07, 6.45) is 1.45. The number of benzene rings is 3. The zero-order valence-corrected chi connectivity index (χ0v) is 24.1. The van der Waals surface area contributed by atoms with Gasteiger partial charge in [0.1, 0.15) is 5.75 Å². The standard InChI is InChI=1S/C33H41N3O5/c1-23-15-26(19-27(16-23)33(39)36-14-8-12-28(36)22-40-2)32(38)35-30(18-24-9-5-4-6-10-24)31(37)21-34-20-25-11-7-13-29(17-25)41-3/h4-7,9-11,13,15-17,19,28,30-31,34,37H,8,12,14,18,20-22H2,1-3H3,(H,35,38)/t28-,30+,31-/m1/s1. The van der Waals surface area contributed by atoms with Crippen LogP contribution < -0.4 is 15.4 Å². The molecule has 3 atom stereocenters. The minimum absolute atomic E-state index is 0.0418. The average molecular weight is 560 g/mol. The van der Waals surface area contributed by atoms with Crippen molar-refractivity contribution in [2.45, 2.75) is 50.9 Å². The molecule has 3 aromatic carbocycles. The minimum atomic E-state index is -0.852. The molecule has 1 saturated heterocycles. The van der Waals surface area contributed by atoms with Crippen molar-refractivity contribution in [3.8, 4) is 5.75 Å². The van der Waals surface area contributed by atoms with Gasteiger partial charge in [0, 0.05) is 37.9 Å². The van der Waals surface area contributed by atoms with Gasteiger partial charge in [-0.1, -0.05) is 42.5 Å². The van der Waals surface area contributed by atoms with E-state index >= 15 is 0 Å². The molecule has 41 heavy (non-hydrogen) atoms. The van der Waals surface area contributed by atoms with Crippen LogP contribution in [0.5, 0.6) is 5.75 Å². The number of nitrogens with zero attached hydrogens (tertiary/aromatic N) is 1. The van der Waals surface area contributed by atoms with Gasteiger partial charge in [-0.3, -0.25) is 9.59 Å². The Hall–Kier alpha value is -3.72. The summed E-state index contributed by atoms with van der Waals surface area (Å²) in [5.41, 5.74) is 3.73. The van der Waals surface area contributed by atoms with E-state index in [4.69, 9.17) is 9.47 Å². The maximum absolute atomic E-state index is 13.5. The molecule has 0 saturated carbocycles. The van der Waals surface area contributed by atoms with Crippen molar-refractivity contribution in [3.05, 3.63) is 101 Å². The number of nitrogens with one attached hydrogen (secondary N) is 2. The van der Waals surface area contributed by atoms with Crippen molar-refractivity contribution in [2.75, 3.05) is 33.9 Å². The molecule has 218 valence electrons. The molecule has 8 nitrogen and oxygen atoms in total. The molecule has 0 aromatic heterocycles. The first-order chi connectivity index (χ1) is 19.9. The Morgan fingerprint density at radius 2 is 1.76 bits per heavy atom. The molecule has 0 aliphatic carbocycles. The lowest BCUT2D eigenvalue weighted by molar-refractivity contribution is 0.0630. The fourth-order valence-corrected chi connectivity index (χ4v) is 5.36. The molecule has 1 fully saturated rings. The number of aliphatic hydroxyl groups is 1. The second-order valence-electron chi connectivity index (χ2n) is 10.7. The highest BCUT2D eigenvalue weighted by Gasteiger charge is 2.30. The van der Waals surface area contributed by atoms with Gasteiger partial charge in [0.05, 0.1) is 31.9 Å². The van der Waals surface area contributed by atoms with Crippen LogP contribution in [0, 0.1) is 6.92 Å². The molecule has 3 aromatic rings. The number of hydrogen-bond acceptors (Lipinski definition) is 6. The van der Waals surface area contributed by atoms with Crippen LogP contribution in [-0.2, 0) is 17.7 Å². The lowest BCUT2D eigenvalue weighted by Gasteiger charge is -2.26. The number of carbonyl (C=O) groups excluding carboxylic acids is 2. The number of amides is 2. The third-order valence-electron chi connectivity index (χ3n) is 7.48. The molecule has 0 spiro atoms. The molecule has 1 aliphatic heterocycles. The topological polar surface area (TPSA) is 100 Å². The smallest absolute Gasteiger partial charge is 0.254 e. The number of aliphatic hydroxyl groups excluding tert-OH is 1. The summed E-state index contributed by atoms with van der Waals surface area (Å²) < 4.78 is 10.6. The van der Waals surface area contributed by atoms with Crippen molar-refractivity contribution in [2.24, 2.45) is 0 Å². The highest BCUT2D eigenvalue weighted by Crippen LogP contribution is 2.22. The summed E-state index contributed by atoms with van der Waals surface area (Å²) in [4.78, 5) is 28.8. The number of methoxy groups -OCH3 is 2. The van der Waals surface area contributed by atoms with Crippen molar-refractivity contribution < 1.29 is 24.2 Å². The van der Waals surface area contributed by atoms with Crippen molar-refractivity contribution in [3.63, 3.8) is 0 Å². The number of ether oxygens (including phenoxy) is 2. The second-order valence-corrected chi connectivity index (χ2v) is 10.7. The van der Waals surface area contributed by atoms with E-state index in [-0.39, 0.29) is 24.4 Å². The first kappa shape index (κ1) is 30.2. The molecule has 1 heterocycles. The van der Waals surface area contributed by atoms with Crippen LogP contribution in [0.1, 0.15) is 50.2 Å². The van der Waals surface area contributed by atoms with Crippen LogP contribution in [0.25, 0.3) is 0 Å². The van der Waals surface area contributed by atoms with Gasteiger partial charge >= 0.3 is 0 Å². The van der Waals surface area contributed by atoms with E-state index < -0.39 is 12.1 Å². The van der Waals surface area contributed by atoms with Crippen LogP contribution in [-0.4, -0.2) is 73.9 Å². The highest BCUT2D eigenvalue weighted by molar-refractivity contribution is 6.00. The Morgan fingerprint density at radius 1 is 1.00 bits per heavy atom. The Bertz CT molecular complexity index is 1300. The quantitative estimate of drug-likeness (QED) is 0.295. The van der Waals surface area contributed by atoms with E-state index in [0.717, 1.165) is 35.3 Å². The highest BCUT2D eigenvalue weighted by atomic mass is 16.5. The molecule has 0 radical (unpaired) electrons. The maximum atomic E-state index is 13.5.